The minimum atomic E-state index is -0.561. The number of benzene rings is 2. The zero-order valence-corrected chi connectivity index (χ0v) is 14.4. The molecule has 4 nitrogen and oxygen atoms in total. The van der Waals surface area contributed by atoms with Gasteiger partial charge in [-0.25, -0.2) is 4.39 Å². The monoisotopic (exact) mass is 374 g/mol. The summed E-state index contributed by atoms with van der Waals surface area (Å²) in [5.41, 5.74) is 2.16. The fraction of sp³-hybridized carbons (Fsp3) is 0.0556. The van der Waals surface area contributed by atoms with Crippen molar-refractivity contribution in [2.45, 2.75) is 6.42 Å². The highest BCUT2D eigenvalue weighted by molar-refractivity contribution is 7.80. The van der Waals surface area contributed by atoms with Crippen molar-refractivity contribution in [1.29, 1.82) is 0 Å². The fourth-order valence-corrected chi connectivity index (χ4v) is 2.88. The Morgan fingerprint density at radius 1 is 1.08 bits per heavy atom. The lowest BCUT2D eigenvalue weighted by atomic mass is 10.0. The number of nitrogens with one attached hydrogen (secondary N) is 2. The van der Waals surface area contributed by atoms with Crippen molar-refractivity contribution in [3.8, 4) is 0 Å². The van der Waals surface area contributed by atoms with Crippen LogP contribution in [0.25, 0.3) is 6.08 Å². The molecular formula is C18H12ClFN2O2S. The summed E-state index contributed by atoms with van der Waals surface area (Å²) in [6, 6.07) is 11.5. The van der Waals surface area contributed by atoms with Crippen molar-refractivity contribution in [3.63, 3.8) is 0 Å². The van der Waals surface area contributed by atoms with Crippen molar-refractivity contribution < 1.29 is 14.0 Å². The van der Waals surface area contributed by atoms with E-state index < -0.39 is 11.8 Å². The average Bonchev–Trinajstić information content (AvgIpc) is 2.53. The standard InChI is InChI=1S/C18H12ClFN2O2S/c19-15-9-11(8-14-16(23)21-18(25)22-17(14)24)4-5-12(15)6-10-2-1-3-13(20)7-10/h1-5,7-9H,6H2,(H2,21,22,23,24,25). The maximum absolute atomic E-state index is 13.3. The van der Waals surface area contributed by atoms with E-state index in [1.54, 1.807) is 24.3 Å². The molecule has 1 fully saturated rings. The minimum absolute atomic E-state index is 0.0179. The number of hydrogen-bond acceptors (Lipinski definition) is 3. The van der Waals surface area contributed by atoms with Gasteiger partial charge in [0.1, 0.15) is 11.4 Å². The highest BCUT2D eigenvalue weighted by Crippen LogP contribution is 2.23. The molecule has 126 valence electrons. The van der Waals surface area contributed by atoms with Crippen molar-refractivity contribution in [3.05, 3.63) is 75.6 Å². The Morgan fingerprint density at radius 2 is 1.80 bits per heavy atom. The number of amides is 2. The highest BCUT2D eigenvalue weighted by Gasteiger charge is 2.25. The van der Waals surface area contributed by atoms with E-state index in [-0.39, 0.29) is 16.5 Å². The second-order valence-electron chi connectivity index (χ2n) is 5.45. The normalized spacial score (nSPS) is 14.2. The molecule has 0 aromatic heterocycles. The highest BCUT2D eigenvalue weighted by atomic mass is 35.5. The smallest absolute Gasteiger partial charge is 0.263 e. The molecule has 1 aliphatic rings. The molecular weight excluding hydrogens is 363 g/mol. The molecule has 0 bridgehead atoms. The second kappa shape index (κ2) is 7.13. The van der Waals surface area contributed by atoms with Crippen LogP contribution in [0.15, 0.2) is 48.0 Å². The summed E-state index contributed by atoms with van der Waals surface area (Å²) in [4.78, 5) is 23.7. The minimum Gasteiger partial charge on any atom is -0.299 e. The van der Waals surface area contributed by atoms with E-state index in [1.165, 1.54) is 18.2 Å². The summed E-state index contributed by atoms with van der Waals surface area (Å²) in [5.74, 6) is -1.43. The summed E-state index contributed by atoms with van der Waals surface area (Å²) >= 11 is 11.0. The molecule has 2 aromatic carbocycles. The first-order valence-electron chi connectivity index (χ1n) is 7.33. The number of carbonyl (C=O) groups excluding carboxylic acids is 2. The predicted molar refractivity (Wildman–Crippen MR) is 97.5 cm³/mol. The lowest BCUT2D eigenvalue weighted by Crippen LogP contribution is -2.51. The fourth-order valence-electron chi connectivity index (χ4n) is 2.44. The van der Waals surface area contributed by atoms with Crippen molar-refractivity contribution in [1.82, 2.24) is 10.6 Å². The topological polar surface area (TPSA) is 58.2 Å². The molecule has 1 heterocycles. The molecule has 0 unspecified atom stereocenters. The molecule has 1 aliphatic heterocycles. The Bertz CT molecular complexity index is 905. The molecule has 0 atom stereocenters. The number of thiocarbonyl (C=S) groups is 1. The van der Waals surface area contributed by atoms with Crippen LogP contribution < -0.4 is 10.6 Å². The van der Waals surface area contributed by atoms with Crippen LogP contribution in [0.1, 0.15) is 16.7 Å². The van der Waals surface area contributed by atoms with Crippen LogP contribution in [0.4, 0.5) is 4.39 Å². The van der Waals surface area contributed by atoms with Crippen LogP contribution in [-0.2, 0) is 16.0 Å². The van der Waals surface area contributed by atoms with Gasteiger partial charge in [-0.05, 0) is 59.6 Å². The van der Waals surface area contributed by atoms with E-state index in [1.807, 2.05) is 6.07 Å². The Morgan fingerprint density at radius 3 is 2.44 bits per heavy atom. The SMILES string of the molecule is O=C1NC(=S)NC(=O)C1=Cc1ccc(Cc2cccc(F)c2)c(Cl)c1. The summed E-state index contributed by atoms with van der Waals surface area (Å²) in [7, 11) is 0. The molecule has 0 spiro atoms. The summed E-state index contributed by atoms with van der Waals surface area (Å²) in [6.45, 7) is 0. The third kappa shape index (κ3) is 4.10. The van der Waals surface area contributed by atoms with Crippen molar-refractivity contribution >= 4 is 46.8 Å². The zero-order chi connectivity index (χ0) is 18.0. The van der Waals surface area contributed by atoms with Gasteiger partial charge >= 0.3 is 0 Å². The maximum atomic E-state index is 13.3. The molecule has 0 saturated carbocycles. The van der Waals surface area contributed by atoms with Gasteiger partial charge in [0.15, 0.2) is 5.11 Å². The van der Waals surface area contributed by atoms with Gasteiger partial charge < -0.3 is 0 Å². The lowest BCUT2D eigenvalue weighted by Gasteiger charge is -2.16. The molecule has 7 heteroatoms. The number of halogens is 2. The van der Waals surface area contributed by atoms with Gasteiger partial charge in [0.2, 0.25) is 0 Å². The third-order valence-electron chi connectivity index (χ3n) is 3.62. The van der Waals surface area contributed by atoms with E-state index >= 15 is 0 Å². The second-order valence-corrected chi connectivity index (χ2v) is 6.27. The van der Waals surface area contributed by atoms with Crippen LogP contribution in [0, 0.1) is 5.82 Å². The van der Waals surface area contributed by atoms with Crippen LogP contribution >= 0.6 is 23.8 Å². The molecule has 3 rings (SSSR count). The lowest BCUT2D eigenvalue weighted by molar-refractivity contribution is -0.123. The molecule has 2 N–H and O–H groups in total. The molecule has 1 saturated heterocycles. The Kier molecular flexibility index (Phi) is 4.92. The molecule has 2 aromatic rings. The summed E-state index contributed by atoms with van der Waals surface area (Å²) in [6.07, 6.45) is 1.91. The molecule has 0 aliphatic carbocycles. The predicted octanol–water partition coefficient (Wildman–Crippen LogP) is 2.98. The van der Waals surface area contributed by atoms with Crippen molar-refractivity contribution in [2.24, 2.45) is 0 Å². The maximum Gasteiger partial charge on any atom is 0.263 e. The van der Waals surface area contributed by atoms with E-state index in [0.29, 0.717) is 17.0 Å². The summed E-state index contributed by atoms with van der Waals surface area (Å²) < 4.78 is 13.3. The summed E-state index contributed by atoms with van der Waals surface area (Å²) in [5, 5.41) is 5.18. The van der Waals surface area contributed by atoms with Crippen LogP contribution in [-0.4, -0.2) is 16.9 Å². The Labute approximate surface area is 153 Å². The van der Waals surface area contributed by atoms with E-state index in [4.69, 9.17) is 23.8 Å². The first kappa shape index (κ1) is 17.3. The quantitative estimate of drug-likeness (QED) is 0.493. The van der Waals surface area contributed by atoms with Crippen LogP contribution in [0.3, 0.4) is 0 Å². The molecule has 25 heavy (non-hydrogen) atoms. The number of carbonyl (C=O) groups is 2. The first-order chi connectivity index (χ1) is 11.9. The van der Waals surface area contributed by atoms with Gasteiger partial charge in [-0.15, -0.1) is 0 Å². The largest absolute Gasteiger partial charge is 0.299 e. The van der Waals surface area contributed by atoms with Gasteiger partial charge in [0, 0.05) is 5.02 Å². The molecule has 0 radical (unpaired) electrons. The van der Waals surface area contributed by atoms with Crippen LogP contribution in [0.2, 0.25) is 5.02 Å². The van der Waals surface area contributed by atoms with Gasteiger partial charge in [0.05, 0.1) is 0 Å². The van der Waals surface area contributed by atoms with E-state index in [0.717, 1.165) is 11.1 Å². The third-order valence-corrected chi connectivity index (χ3v) is 4.17. The van der Waals surface area contributed by atoms with Gasteiger partial charge in [-0.1, -0.05) is 35.9 Å². The van der Waals surface area contributed by atoms with Crippen molar-refractivity contribution in [2.75, 3.05) is 0 Å². The Hall–Kier alpha value is -2.57. The van der Waals surface area contributed by atoms with E-state index in [9.17, 15) is 14.0 Å². The first-order valence-corrected chi connectivity index (χ1v) is 8.12. The van der Waals surface area contributed by atoms with Crippen LogP contribution in [0.5, 0.6) is 0 Å². The van der Waals surface area contributed by atoms with E-state index in [2.05, 4.69) is 10.6 Å². The van der Waals surface area contributed by atoms with Gasteiger partial charge in [-0.3, -0.25) is 20.2 Å². The number of hydrogen-bond donors (Lipinski definition) is 2. The Balaban J connectivity index is 1.84. The van der Waals surface area contributed by atoms with Gasteiger partial charge in [0.25, 0.3) is 11.8 Å². The number of rotatable bonds is 3. The molecule has 2 amide bonds. The average molecular weight is 375 g/mol. The van der Waals surface area contributed by atoms with Gasteiger partial charge in [-0.2, -0.15) is 0 Å². The zero-order valence-electron chi connectivity index (χ0n) is 12.8.